The predicted octanol–water partition coefficient (Wildman–Crippen LogP) is -0.412. The standard InChI is InChI=1S/C13H21N5O2/c1-13(2,20)9-17-3-5-18(6-4-17)12(19)10-7-15-8-11(14)16-10/h7-8,20H,3-6,9H2,1-2H3,(H2,14,16). The van der Waals surface area contributed by atoms with E-state index in [1.165, 1.54) is 12.4 Å². The average Bonchev–Trinajstić information content (AvgIpc) is 2.37. The minimum atomic E-state index is -0.717. The lowest BCUT2D eigenvalue weighted by Crippen LogP contribution is -2.52. The monoisotopic (exact) mass is 279 g/mol. The van der Waals surface area contributed by atoms with Gasteiger partial charge in [-0.25, -0.2) is 4.98 Å². The van der Waals surface area contributed by atoms with Crippen molar-refractivity contribution in [3.8, 4) is 0 Å². The van der Waals surface area contributed by atoms with Gasteiger partial charge in [0.25, 0.3) is 5.91 Å². The fourth-order valence-electron chi connectivity index (χ4n) is 2.30. The number of β-amino-alcohol motifs (C(OH)–C–C–N with tert-alkyl or cyclic N) is 1. The molecule has 110 valence electrons. The van der Waals surface area contributed by atoms with Crippen LogP contribution in [0.2, 0.25) is 0 Å². The van der Waals surface area contributed by atoms with E-state index in [4.69, 9.17) is 5.73 Å². The van der Waals surface area contributed by atoms with Gasteiger partial charge in [-0.1, -0.05) is 0 Å². The fourth-order valence-corrected chi connectivity index (χ4v) is 2.30. The molecular formula is C13H21N5O2. The Hall–Kier alpha value is -1.73. The van der Waals surface area contributed by atoms with E-state index < -0.39 is 5.60 Å². The minimum Gasteiger partial charge on any atom is -0.389 e. The summed E-state index contributed by atoms with van der Waals surface area (Å²) in [6, 6.07) is 0. The molecule has 0 spiro atoms. The molecule has 2 rings (SSSR count). The Morgan fingerprint density at radius 3 is 2.55 bits per heavy atom. The Labute approximate surface area is 118 Å². The first-order chi connectivity index (χ1) is 9.35. The van der Waals surface area contributed by atoms with Gasteiger partial charge in [-0.3, -0.25) is 14.7 Å². The van der Waals surface area contributed by atoms with Crippen LogP contribution in [0, 0.1) is 0 Å². The fraction of sp³-hybridized carbons (Fsp3) is 0.615. The number of piperazine rings is 1. The zero-order valence-corrected chi connectivity index (χ0v) is 11.9. The van der Waals surface area contributed by atoms with Crippen LogP contribution in [0.25, 0.3) is 0 Å². The molecule has 1 aliphatic heterocycles. The second-order valence-corrected chi connectivity index (χ2v) is 5.71. The Balaban J connectivity index is 1.92. The van der Waals surface area contributed by atoms with E-state index in [9.17, 15) is 9.90 Å². The van der Waals surface area contributed by atoms with E-state index >= 15 is 0 Å². The number of rotatable bonds is 3. The van der Waals surface area contributed by atoms with Gasteiger partial charge >= 0.3 is 0 Å². The number of hydrogen-bond donors (Lipinski definition) is 2. The van der Waals surface area contributed by atoms with Gasteiger partial charge < -0.3 is 15.7 Å². The molecule has 1 fully saturated rings. The number of amides is 1. The van der Waals surface area contributed by atoms with E-state index in [2.05, 4.69) is 14.9 Å². The summed E-state index contributed by atoms with van der Waals surface area (Å²) in [5.41, 5.74) is 5.10. The summed E-state index contributed by atoms with van der Waals surface area (Å²) in [6.07, 6.45) is 2.85. The first-order valence-corrected chi connectivity index (χ1v) is 6.67. The minimum absolute atomic E-state index is 0.146. The molecule has 0 saturated carbocycles. The second-order valence-electron chi connectivity index (χ2n) is 5.71. The molecule has 1 saturated heterocycles. The molecule has 20 heavy (non-hydrogen) atoms. The topological polar surface area (TPSA) is 95.6 Å². The lowest BCUT2D eigenvalue weighted by atomic mass is 10.1. The van der Waals surface area contributed by atoms with E-state index in [1.54, 1.807) is 18.7 Å². The first kappa shape index (κ1) is 14.7. The van der Waals surface area contributed by atoms with Crippen molar-refractivity contribution < 1.29 is 9.90 Å². The van der Waals surface area contributed by atoms with Crippen LogP contribution in [-0.2, 0) is 0 Å². The number of aliphatic hydroxyl groups is 1. The third-order valence-electron chi connectivity index (χ3n) is 3.14. The van der Waals surface area contributed by atoms with Crippen LogP contribution < -0.4 is 5.73 Å². The summed E-state index contributed by atoms with van der Waals surface area (Å²) in [4.78, 5) is 24.0. The van der Waals surface area contributed by atoms with Crippen LogP contribution in [0.4, 0.5) is 5.82 Å². The highest BCUT2D eigenvalue weighted by atomic mass is 16.3. The number of carbonyl (C=O) groups is 1. The lowest BCUT2D eigenvalue weighted by Gasteiger charge is -2.37. The number of aromatic nitrogens is 2. The smallest absolute Gasteiger partial charge is 0.274 e. The Morgan fingerprint density at radius 1 is 1.35 bits per heavy atom. The van der Waals surface area contributed by atoms with Crippen molar-refractivity contribution in [1.29, 1.82) is 0 Å². The van der Waals surface area contributed by atoms with Crippen molar-refractivity contribution >= 4 is 11.7 Å². The van der Waals surface area contributed by atoms with Crippen LogP contribution >= 0.6 is 0 Å². The summed E-state index contributed by atoms with van der Waals surface area (Å²) < 4.78 is 0. The number of anilines is 1. The Morgan fingerprint density at radius 2 is 2.00 bits per heavy atom. The Kier molecular flexibility index (Phi) is 4.20. The SMILES string of the molecule is CC(C)(O)CN1CCN(C(=O)c2cncc(N)n2)CC1. The van der Waals surface area contributed by atoms with Crippen LogP contribution in [0.1, 0.15) is 24.3 Å². The lowest BCUT2D eigenvalue weighted by molar-refractivity contribution is 0.0177. The van der Waals surface area contributed by atoms with Crippen molar-refractivity contribution in [2.45, 2.75) is 19.4 Å². The highest BCUT2D eigenvalue weighted by Gasteiger charge is 2.26. The zero-order chi connectivity index (χ0) is 14.8. The molecule has 0 unspecified atom stereocenters. The molecule has 7 heteroatoms. The van der Waals surface area contributed by atoms with Crippen LogP contribution in [-0.4, -0.2) is 69.1 Å². The van der Waals surface area contributed by atoms with Crippen molar-refractivity contribution in [3.63, 3.8) is 0 Å². The van der Waals surface area contributed by atoms with Crippen LogP contribution in [0.5, 0.6) is 0 Å². The summed E-state index contributed by atoms with van der Waals surface area (Å²) in [7, 11) is 0. The van der Waals surface area contributed by atoms with E-state index in [0.717, 1.165) is 13.1 Å². The van der Waals surface area contributed by atoms with E-state index in [0.29, 0.717) is 19.6 Å². The third-order valence-corrected chi connectivity index (χ3v) is 3.14. The molecule has 1 aromatic rings. The maximum Gasteiger partial charge on any atom is 0.274 e. The van der Waals surface area contributed by atoms with E-state index in [-0.39, 0.29) is 17.4 Å². The first-order valence-electron chi connectivity index (χ1n) is 6.67. The van der Waals surface area contributed by atoms with Gasteiger partial charge in [-0.2, -0.15) is 0 Å². The highest BCUT2D eigenvalue weighted by Crippen LogP contribution is 2.11. The molecular weight excluding hydrogens is 258 g/mol. The van der Waals surface area contributed by atoms with Gasteiger partial charge in [0.15, 0.2) is 0 Å². The van der Waals surface area contributed by atoms with Gasteiger partial charge in [0.2, 0.25) is 0 Å². The highest BCUT2D eigenvalue weighted by molar-refractivity contribution is 5.92. The molecule has 0 atom stereocenters. The van der Waals surface area contributed by atoms with Crippen molar-refractivity contribution in [2.75, 3.05) is 38.5 Å². The van der Waals surface area contributed by atoms with Gasteiger partial charge in [-0.15, -0.1) is 0 Å². The predicted molar refractivity (Wildman–Crippen MR) is 75.1 cm³/mol. The molecule has 1 amide bonds. The summed E-state index contributed by atoms with van der Waals surface area (Å²) in [5, 5.41) is 9.80. The molecule has 0 radical (unpaired) electrons. The summed E-state index contributed by atoms with van der Waals surface area (Å²) in [6.45, 7) is 6.89. The number of hydrogen-bond acceptors (Lipinski definition) is 6. The summed E-state index contributed by atoms with van der Waals surface area (Å²) >= 11 is 0. The molecule has 2 heterocycles. The van der Waals surface area contributed by atoms with Crippen molar-refractivity contribution in [2.24, 2.45) is 0 Å². The molecule has 0 bridgehead atoms. The van der Waals surface area contributed by atoms with Gasteiger partial charge in [0, 0.05) is 32.7 Å². The van der Waals surface area contributed by atoms with Gasteiger partial charge in [0.1, 0.15) is 11.5 Å². The van der Waals surface area contributed by atoms with E-state index in [1.807, 2.05) is 0 Å². The Bertz CT molecular complexity index is 478. The molecule has 0 aromatic carbocycles. The number of nitrogen functional groups attached to an aromatic ring is 1. The largest absolute Gasteiger partial charge is 0.389 e. The molecule has 7 nitrogen and oxygen atoms in total. The van der Waals surface area contributed by atoms with Crippen molar-refractivity contribution in [1.82, 2.24) is 19.8 Å². The normalized spacial score (nSPS) is 17.2. The third kappa shape index (κ3) is 3.88. The quantitative estimate of drug-likeness (QED) is 0.781. The van der Waals surface area contributed by atoms with Gasteiger partial charge in [-0.05, 0) is 13.8 Å². The number of nitrogens with two attached hydrogens (primary N) is 1. The molecule has 0 aliphatic carbocycles. The maximum atomic E-state index is 12.2. The van der Waals surface area contributed by atoms with Crippen molar-refractivity contribution in [3.05, 3.63) is 18.1 Å². The van der Waals surface area contributed by atoms with Crippen LogP contribution in [0.3, 0.4) is 0 Å². The number of carbonyl (C=O) groups excluding carboxylic acids is 1. The summed E-state index contributed by atoms with van der Waals surface area (Å²) in [5.74, 6) is 0.101. The van der Waals surface area contributed by atoms with Gasteiger partial charge in [0.05, 0.1) is 18.0 Å². The second kappa shape index (κ2) is 5.72. The molecule has 1 aliphatic rings. The van der Waals surface area contributed by atoms with Crippen LogP contribution in [0.15, 0.2) is 12.4 Å². The molecule has 3 N–H and O–H groups in total. The zero-order valence-electron chi connectivity index (χ0n) is 11.9. The average molecular weight is 279 g/mol. The maximum absolute atomic E-state index is 12.2. The number of nitrogens with zero attached hydrogens (tertiary/aromatic N) is 4. The molecule has 1 aromatic heterocycles.